The summed E-state index contributed by atoms with van der Waals surface area (Å²) in [7, 11) is 3.25. The Morgan fingerprint density at radius 1 is 0.722 bits per heavy atom. The topological polar surface area (TPSA) is 15.7 Å². The molecular formula is C33H56N2O. The van der Waals surface area contributed by atoms with E-state index >= 15 is 0 Å². The third-order valence-corrected chi connectivity index (χ3v) is 7.26. The summed E-state index contributed by atoms with van der Waals surface area (Å²) < 4.78 is 4.25. The molecule has 1 saturated heterocycles. The van der Waals surface area contributed by atoms with Gasteiger partial charge in [0.2, 0.25) is 0 Å². The standard InChI is InChI=1S/C19H30N2.C10H14.C2H6O.C2H6/c1-16-8-10-18(11-9-16)17(2)20-12-14-21(15-13-20)19-6-4-3-5-7-19;1-8(2)10-6-4-5-9(3)7-10;1-3-2;1-2/h8-11,17,19H,3-7,12-15H2,1-2H3;4-8H,1-3H3;1-2H3;1-2H3/t17-;;;/m0.../s1. The van der Waals surface area contributed by atoms with E-state index in [4.69, 9.17) is 0 Å². The minimum absolute atomic E-state index is 0.555. The van der Waals surface area contributed by atoms with Crippen molar-refractivity contribution in [1.29, 1.82) is 0 Å². The van der Waals surface area contributed by atoms with Crippen LogP contribution < -0.4 is 0 Å². The van der Waals surface area contributed by atoms with Crippen LogP contribution in [0.1, 0.15) is 101 Å². The molecule has 0 N–H and O–H groups in total. The Hall–Kier alpha value is -1.68. The first-order valence-corrected chi connectivity index (χ1v) is 14.4. The van der Waals surface area contributed by atoms with Gasteiger partial charge in [-0.25, -0.2) is 0 Å². The molecule has 3 nitrogen and oxygen atoms in total. The number of methoxy groups -OCH3 is 1. The molecule has 204 valence electrons. The quantitative estimate of drug-likeness (QED) is 0.422. The van der Waals surface area contributed by atoms with Gasteiger partial charge in [-0.15, -0.1) is 0 Å². The average Bonchev–Trinajstić information content (AvgIpc) is 2.91. The Kier molecular flexibility index (Phi) is 16.7. The summed E-state index contributed by atoms with van der Waals surface area (Å²) in [4.78, 5) is 5.42. The summed E-state index contributed by atoms with van der Waals surface area (Å²) in [6.45, 7) is 20.1. The lowest BCUT2D eigenvalue weighted by atomic mass is 9.93. The van der Waals surface area contributed by atoms with Gasteiger partial charge < -0.3 is 4.74 Å². The zero-order chi connectivity index (χ0) is 26.9. The Balaban J connectivity index is 0.000000361. The van der Waals surface area contributed by atoms with E-state index in [1.54, 1.807) is 14.2 Å². The third-order valence-electron chi connectivity index (χ3n) is 7.26. The van der Waals surface area contributed by atoms with Crippen molar-refractivity contribution in [3.63, 3.8) is 0 Å². The van der Waals surface area contributed by atoms with Gasteiger partial charge in [0, 0.05) is 52.5 Å². The van der Waals surface area contributed by atoms with Crippen LogP contribution >= 0.6 is 0 Å². The highest BCUT2D eigenvalue weighted by molar-refractivity contribution is 5.25. The number of hydrogen-bond acceptors (Lipinski definition) is 3. The van der Waals surface area contributed by atoms with Crippen LogP contribution in [0.25, 0.3) is 0 Å². The van der Waals surface area contributed by atoms with Crippen LogP contribution in [0.2, 0.25) is 0 Å². The summed E-state index contributed by atoms with van der Waals surface area (Å²) in [6.07, 6.45) is 7.23. The van der Waals surface area contributed by atoms with E-state index in [0.717, 1.165) is 6.04 Å². The van der Waals surface area contributed by atoms with E-state index in [2.05, 4.69) is 97.7 Å². The molecule has 1 aliphatic carbocycles. The van der Waals surface area contributed by atoms with Gasteiger partial charge in [-0.3, -0.25) is 9.80 Å². The summed E-state index contributed by atoms with van der Waals surface area (Å²) in [6, 6.07) is 19.2. The second-order valence-electron chi connectivity index (χ2n) is 10.4. The van der Waals surface area contributed by atoms with Gasteiger partial charge in [0.15, 0.2) is 0 Å². The van der Waals surface area contributed by atoms with Crippen molar-refractivity contribution >= 4 is 0 Å². The maximum atomic E-state index is 4.25. The smallest absolute Gasteiger partial charge is 0.0351 e. The van der Waals surface area contributed by atoms with E-state index in [-0.39, 0.29) is 0 Å². The lowest BCUT2D eigenvalue weighted by Crippen LogP contribution is -2.51. The van der Waals surface area contributed by atoms with Crippen molar-refractivity contribution in [2.75, 3.05) is 40.4 Å². The van der Waals surface area contributed by atoms with E-state index < -0.39 is 0 Å². The molecule has 0 bridgehead atoms. The summed E-state index contributed by atoms with van der Waals surface area (Å²) in [5, 5.41) is 0. The normalized spacial score (nSPS) is 17.6. The maximum absolute atomic E-state index is 4.25. The molecule has 0 aromatic heterocycles. The zero-order valence-electron chi connectivity index (χ0n) is 25.0. The van der Waals surface area contributed by atoms with Gasteiger partial charge in [0.05, 0.1) is 0 Å². The number of nitrogens with zero attached hydrogens (tertiary/aromatic N) is 2. The van der Waals surface area contributed by atoms with Crippen LogP contribution in [-0.4, -0.2) is 56.2 Å². The van der Waals surface area contributed by atoms with Gasteiger partial charge in [-0.1, -0.05) is 107 Å². The van der Waals surface area contributed by atoms with Crippen molar-refractivity contribution < 1.29 is 4.74 Å². The molecule has 3 heteroatoms. The van der Waals surface area contributed by atoms with Crippen molar-refractivity contribution in [3.05, 3.63) is 70.8 Å². The van der Waals surface area contributed by atoms with Crippen LogP contribution in [0.3, 0.4) is 0 Å². The minimum atomic E-state index is 0.555. The molecule has 0 spiro atoms. The van der Waals surface area contributed by atoms with Crippen molar-refractivity contribution in [1.82, 2.24) is 9.80 Å². The van der Waals surface area contributed by atoms with Gasteiger partial charge in [-0.2, -0.15) is 0 Å². The molecule has 2 fully saturated rings. The van der Waals surface area contributed by atoms with Crippen molar-refractivity contribution in [2.24, 2.45) is 0 Å². The number of hydrogen-bond donors (Lipinski definition) is 0. The average molecular weight is 497 g/mol. The Morgan fingerprint density at radius 2 is 1.28 bits per heavy atom. The predicted octanol–water partition coefficient (Wildman–Crippen LogP) is 8.41. The molecule has 0 radical (unpaired) electrons. The van der Waals surface area contributed by atoms with Gasteiger partial charge in [0.25, 0.3) is 0 Å². The first-order valence-electron chi connectivity index (χ1n) is 14.4. The van der Waals surface area contributed by atoms with E-state index in [1.807, 2.05) is 13.8 Å². The molecule has 1 atom stereocenters. The van der Waals surface area contributed by atoms with Gasteiger partial charge in [0.1, 0.15) is 0 Å². The zero-order valence-corrected chi connectivity index (χ0v) is 25.0. The van der Waals surface area contributed by atoms with Crippen LogP contribution in [0.4, 0.5) is 0 Å². The van der Waals surface area contributed by atoms with Crippen LogP contribution in [0, 0.1) is 13.8 Å². The Bertz CT molecular complexity index is 788. The lowest BCUT2D eigenvalue weighted by molar-refractivity contribution is 0.0603. The van der Waals surface area contributed by atoms with Gasteiger partial charge >= 0.3 is 0 Å². The number of aryl methyl sites for hydroxylation is 2. The number of ether oxygens (including phenoxy) is 1. The molecule has 0 amide bonds. The molecular weight excluding hydrogens is 440 g/mol. The predicted molar refractivity (Wildman–Crippen MR) is 159 cm³/mol. The molecule has 4 rings (SSSR count). The largest absolute Gasteiger partial charge is 0.388 e. The lowest BCUT2D eigenvalue weighted by Gasteiger charge is -2.42. The summed E-state index contributed by atoms with van der Waals surface area (Å²) in [5.74, 6) is 0.653. The van der Waals surface area contributed by atoms with Crippen LogP contribution in [-0.2, 0) is 4.74 Å². The van der Waals surface area contributed by atoms with Crippen molar-refractivity contribution in [3.8, 4) is 0 Å². The van der Waals surface area contributed by atoms with Crippen LogP contribution in [0.5, 0.6) is 0 Å². The molecule has 2 aromatic rings. The molecule has 36 heavy (non-hydrogen) atoms. The number of piperazine rings is 1. The second kappa shape index (κ2) is 18.5. The van der Waals surface area contributed by atoms with Crippen molar-refractivity contribution in [2.45, 2.75) is 98.6 Å². The van der Waals surface area contributed by atoms with Crippen LogP contribution in [0.15, 0.2) is 48.5 Å². The fourth-order valence-corrected chi connectivity index (χ4v) is 5.02. The molecule has 1 aliphatic heterocycles. The van der Waals surface area contributed by atoms with E-state index in [0.29, 0.717) is 12.0 Å². The molecule has 0 unspecified atom stereocenters. The van der Waals surface area contributed by atoms with E-state index in [1.165, 1.54) is 80.5 Å². The Morgan fingerprint density at radius 3 is 1.75 bits per heavy atom. The molecule has 2 aliphatic rings. The highest BCUT2D eigenvalue weighted by Gasteiger charge is 2.27. The van der Waals surface area contributed by atoms with Gasteiger partial charge in [-0.05, 0) is 50.7 Å². The fourth-order valence-electron chi connectivity index (χ4n) is 5.02. The molecule has 1 heterocycles. The monoisotopic (exact) mass is 496 g/mol. The molecule has 2 aromatic carbocycles. The summed E-state index contributed by atoms with van der Waals surface area (Å²) in [5.41, 5.74) is 5.60. The molecule has 1 saturated carbocycles. The second-order valence-corrected chi connectivity index (χ2v) is 10.4. The maximum Gasteiger partial charge on any atom is 0.0351 e. The first-order chi connectivity index (χ1) is 17.3. The number of benzene rings is 2. The summed E-state index contributed by atoms with van der Waals surface area (Å²) >= 11 is 0. The number of rotatable bonds is 4. The highest BCUT2D eigenvalue weighted by Crippen LogP contribution is 2.26. The Labute approximate surface area is 224 Å². The minimum Gasteiger partial charge on any atom is -0.388 e. The SMILES string of the molecule is CC.COC.Cc1ccc([C@H](C)N2CCN(C3CCCCC3)CC2)cc1.Cc1cccc(C(C)C)c1. The first kappa shape index (κ1) is 32.3. The van der Waals surface area contributed by atoms with E-state index in [9.17, 15) is 0 Å². The highest BCUT2D eigenvalue weighted by atomic mass is 16.4. The third kappa shape index (κ3) is 11.6. The fraction of sp³-hybridized carbons (Fsp3) is 0.636.